The molecule has 0 radical (unpaired) electrons. The number of ether oxygens (including phenoxy) is 1. The van der Waals surface area contributed by atoms with Crippen LogP contribution in [-0.4, -0.2) is 18.7 Å². The molecule has 0 saturated heterocycles. The summed E-state index contributed by atoms with van der Waals surface area (Å²) >= 11 is 6.07. The Bertz CT molecular complexity index is 956. The number of benzene rings is 3. The molecule has 3 rings (SSSR count). The van der Waals surface area contributed by atoms with Crippen molar-refractivity contribution in [1.29, 1.82) is 0 Å². The van der Waals surface area contributed by atoms with Crippen molar-refractivity contribution < 1.29 is 9.53 Å². The number of hydrogen-bond donors (Lipinski definition) is 1. The minimum atomic E-state index is -0.252. The van der Waals surface area contributed by atoms with E-state index in [1.54, 1.807) is 24.4 Å². The Morgan fingerprint density at radius 3 is 2.67 bits per heavy atom. The zero-order valence-electron chi connectivity index (χ0n) is 14.9. The van der Waals surface area contributed by atoms with Crippen molar-refractivity contribution in [3.8, 4) is 5.75 Å². The predicted octanol–water partition coefficient (Wildman–Crippen LogP) is 5.42. The summed E-state index contributed by atoms with van der Waals surface area (Å²) in [5.41, 5.74) is 3.37. The molecule has 0 atom stereocenters. The molecule has 1 amide bonds. The summed E-state index contributed by atoms with van der Waals surface area (Å²) in [6, 6.07) is 22.5. The second-order valence-electron chi connectivity index (χ2n) is 5.97. The number of carbonyl (C=O) groups is 1. The first-order chi connectivity index (χ1) is 13.1. The SMILES string of the molecule is Cc1ccc(NC(=O)COc2cccc(C=Nc3ccccc3)c2)cc1Cl. The van der Waals surface area contributed by atoms with Crippen molar-refractivity contribution in [2.24, 2.45) is 4.99 Å². The molecular formula is C22H19ClN2O2. The molecule has 4 nitrogen and oxygen atoms in total. The summed E-state index contributed by atoms with van der Waals surface area (Å²) in [7, 11) is 0. The third-order valence-corrected chi connectivity index (χ3v) is 4.21. The number of para-hydroxylation sites is 1. The van der Waals surface area contributed by atoms with Crippen LogP contribution in [0.2, 0.25) is 5.02 Å². The molecule has 3 aromatic carbocycles. The molecule has 0 heterocycles. The molecule has 0 aliphatic rings. The van der Waals surface area contributed by atoms with E-state index in [9.17, 15) is 4.79 Å². The zero-order valence-corrected chi connectivity index (χ0v) is 15.6. The highest BCUT2D eigenvalue weighted by atomic mass is 35.5. The van der Waals surface area contributed by atoms with Crippen molar-refractivity contribution in [1.82, 2.24) is 0 Å². The van der Waals surface area contributed by atoms with Gasteiger partial charge in [-0.05, 0) is 54.4 Å². The van der Waals surface area contributed by atoms with Crippen LogP contribution in [0.4, 0.5) is 11.4 Å². The number of rotatable bonds is 6. The van der Waals surface area contributed by atoms with E-state index in [1.807, 2.05) is 61.5 Å². The first-order valence-electron chi connectivity index (χ1n) is 8.48. The fraction of sp³-hybridized carbons (Fsp3) is 0.0909. The lowest BCUT2D eigenvalue weighted by atomic mass is 10.2. The van der Waals surface area contributed by atoms with Crippen LogP contribution in [-0.2, 0) is 4.79 Å². The highest BCUT2D eigenvalue weighted by molar-refractivity contribution is 6.31. The number of carbonyl (C=O) groups excluding carboxylic acids is 1. The van der Waals surface area contributed by atoms with Gasteiger partial charge >= 0.3 is 0 Å². The molecular weight excluding hydrogens is 360 g/mol. The number of amides is 1. The molecule has 0 bridgehead atoms. The van der Waals surface area contributed by atoms with Gasteiger partial charge in [0, 0.05) is 16.9 Å². The maximum Gasteiger partial charge on any atom is 0.262 e. The van der Waals surface area contributed by atoms with Gasteiger partial charge in [0.2, 0.25) is 0 Å². The Kier molecular flexibility index (Phi) is 6.23. The van der Waals surface area contributed by atoms with Crippen LogP contribution in [0.15, 0.2) is 77.8 Å². The number of anilines is 1. The molecule has 0 saturated carbocycles. The Hall–Kier alpha value is -3.11. The second kappa shape index (κ2) is 9.01. The van der Waals surface area contributed by atoms with Gasteiger partial charge in [0.1, 0.15) is 5.75 Å². The summed E-state index contributed by atoms with van der Waals surface area (Å²) in [5, 5.41) is 3.38. The monoisotopic (exact) mass is 378 g/mol. The summed E-state index contributed by atoms with van der Waals surface area (Å²) in [5.74, 6) is 0.349. The van der Waals surface area contributed by atoms with Crippen LogP contribution < -0.4 is 10.1 Å². The first-order valence-corrected chi connectivity index (χ1v) is 8.86. The fourth-order valence-electron chi connectivity index (χ4n) is 2.36. The van der Waals surface area contributed by atoms with Crippen molar-refractivity contribution in [2.45, 2.75) is 6.92 Å². The zero-order chi connectivity index (χ0) is 19.1. The summed E-state index contributed by atoms with van der Waals surface area (Å²) in [6.45, 7) is 1.82. The van der Waals surface area contributed by atoms with E-state index in [1.165, 1.54) is 0 Å². The van der Waals surface area contributed by atoms with Gasteiger partial charge in [-0.15, -0.1) is 0 Å². The van der Waals surface area contributed by atoms with Crippen molar-refractivity contribution in [3.05, 3.63) is 88.9 Å². The second-order valence-corrected chi connectivity index (χ2v) is 6.37. The lowest BCUT2D eigenvalue weighted by Gasteiger charge is -2.09. The van der Waals surface area contributed by atoms with E-state index in [-0.39, 0.29) is 12.5 Å². The van der Waals surface area contributed by atoms with Crippen molar-refractivity contribution in [2.75, 3.05) is 11.9 Å². The van der Waals surface area contributed by atoms with Gasteiger partial charge in [0.15, 0.2) is 6.61 Å². The van der Waals surface area contributed by atoms with Crippen LogP contribution >= 0.6 is 11.6 Å². The van der Waals surface area contributed by atoms with Crippen LogP contribution in [0.1, 0.15) is 11.1 Å². The normalized spacial score (nSPS) is 10.7. The van der Waals surface area contributed by atoms with E-state index in [4.69, 9.17) is 16.3 Å². The van der Waals surface area contributed by atoms with Crippen LogP contribution in [0.3, 0.4) is 0 Å². The van der Waals surface area contributed by atoms with E-state index < -0.39 is 0 Å². The number of nitrogens with one attached hydrogen (secondary N) is 1. The maximum absolute atomic E-state index is 12.1. The first kappa shape index (κ1) is 18.7. The van der Waals surface area contributed by atoms with E-state index in [0.29, 0.717) is 16.5 Å². The summed E-state index contributed by atoms with van der Waals surface area (Å²) < 4.78 is 5.58. The van der Waals surface area contributed by atoms with Gasteiger partial charge in [-0.3, -0.25) is 9.79 Å². The number of aliphatic imine (C=N–C) groups is 1. The standard InChI is InChI=1S/C22H19ClN2O2/c1-16-10-11-19(13-21(16)23)25-22(26)15-27-20-9-5-6-17(12-20)14-24-18-7-3-2-4-8-18/h2-14H,15H2,1H3,(H,25,26). The van der Waals surface area contributed by atoms with Gasteiger partial charge < -0.3 is 10.1 Å². The van der Waals surface area contributed by atoms with Crippen LogP contribution in [0, 0.1) is 6.92 Å². The van der Waals surface area contributed by atoms with E-state index in [0.717, 1.165) is 16.8 Å². The Morgan fingerprint density at radius 2 is 1.89 bits per heavy atom. The van der Waals surface area contributed by atoms with Gasteiger partial charge in [-0.1, -0.05) is 48.0 Å². The lowest BCUT2D eigenvalue weighted by Crippen LogP contribution is -2.20. The van der Waals surface area contributed by atoms with Gasteiger partial charge in [-0.2, -0.15) is 0 Å². The Labute approximate surface area is 163 Å². The van der Waals surface area contributed by atoms with E-state index >= 15 is 0 Å². The molecule has 0 aliphatic heterocycles. The average molecular weight is 379 g/mol. The van der Waals surface area contributed by atoms with Gasteiger partial charge in [0.25, 0.3) is 5.91 Å². The largest absolute Gasteiger partial charge is 0.484 e. The topological polar surface area (TPSA) is 50.7 Å². The minimum Gasteiger partial charge on any atom is -0.484 e. The minimum absolute atomic E-state index is 0.0925. The van der Waals surface area contributed by atoms with Crippen molar-refractivity contribution in [3.63, 3.8) is 0 Å². The van der Waals surface area contributed by atoms with Crippen LogP contribution in [0.5, 0.6) is 5.75 Å². The molecule has 0 fully saturated rings. The summed E-state index contributed by atoms with van der Waals surface area (Å²) in [6.07, 6.45) is 1.76. The number of hydrogen-bond acceptors (Lipinski definition) is 3. The van der Waals surface area contributed by atoms with E-state index in [2.05, 4.69) is 10.3 Å². The quantitative estimate of drug-likeness (QED) is 0.582. The molecule has 5 heteroatoms. The van der Waals surface area contributed by atoms with Crippen LogP contribution in [0.25, 0.3) is 0 Å². The Morgan fingerprint density at radius 1 is 1.07 bits per heavy atom. The molecule has 0 aliphatic carbocycles. The van der Waals surface area contributed by atoms with Gasteiger partial charge in [-0.25, -0.2) is 0 Å². The number of nitrogens with zero attached hydrogens (tertiary/aromatic N) is 1. The third-order valence-electron chi connectivity index (χ3n) is 3.80. The fourth-order valence-corrected chi connectivity index (χ4v) is 2.54. The summed E-state index contributed by atoms with van der Waals surface area (Å²) in [4.78, 5) is 16.5. The smallest absolute Gasteiger partial charge is 0.262 e. The Balaban J connectivity index is 1.57. The highest BCUT2D eigenvalue weighted by Gasteiger charge is 2.05. The highest BCUT2D eigenvalue weighted by Crippen LogP contribution is 2.20. The molecule has 0 unspecified atom stereocenters. The van der Waals surface area contributed by atoms with Crippen molar-refractivity contribution >= 4 is 35.1 Å². The predicted molar refractivity (Wildman–Crippen MR) is 110 cm³/mol. The maximum atomic E-state index is 12.1. The molecule has 1 N–H and O–H groups in total. The molecule has 136 valence electrons. The molecule has 27 heavy (non-hydrogen) atoms. The number of halogens is 1. The number of aryl methyl sites for hydroxylation is 1. The lowest BCUT2D eigenvalue weighted by molar-refractivity contribution is -0.118. The molecule has 0 spiro atoms. The molecule has 3 aromatic rings. The third kappa shape index (κ3) is 5.69. The van der Waals surface area contributed by atoms with Gasteiger partial charge in [0.05, 0.1) is 5.69 Å². The molecule has 0 aromatic heterocycles. The average Bonchev–Trinajstić information content (AvgIpc) is 2.69.